The van der Waals surface area contributed by atoms with Crippen LogP contribution >= 0.6 is 27.3 Å². The number of hydrogen-bond acceptors (Lipinski definition) is 5. The summed E-state index contributed by atoms with van der Waals surface area (Å²) < 4.78 is 27.5. The van der Waals surface area contributed by atoms with Crippen LogP contribution in [0.3, 0.4) is 0 Å². The number of H-pyrrole nitrogens is 1. The SMILES string of the molecule is CNCc1cc(S(=O)(=O)NCc2cn[nH]c2)c(Br)s1. The first kappa shape index (κ1) is 14.7. The molecule has 0 saturated carbocycles. The van der Waals surface area contributed by atoms with Crippen LogP contribution in [0, 0.1) is 0 Å². The Hall–Kier alpha value is -0.740. The minimum atomic E-state index is -3.52. The summed E-state index contributed by atoms with van der Waals surface area (Å²) in [5, 5.41) is 9.40. The maximum absolute atomic E-state index is 12.2. The van der Waals surface area contributed by atoms with E-state index in [1.54, 1.807) is 18.5 Å². The Morgan fingerprint density at radius 1 is 1.47 bits per heavy atom. The molecule has 9 heteroatoms. The summed E-state index contributed by atoms with van der Waals surface area (Å²) in [5.74, 6) is 0. The van der Waals surface area contributed by atoms with Crippen LogP contribution < -0.4 is 10.0 Å². The first-order chi connectivity index (χ1) is 9.03. The lowest BCUT2D eigenvalue weighted by Gasteiger charge is -2.03. The van der Waals surface area contributed by atoms with Crippen molar-refractivity contribution >= 4 is 37.3 Å². The molecule has 0 bridgehead atoms. The second kappa shape index (κ2) is 6.14. The molecule has 2 aromatic heterocycles. The third-order valence-electron chi connectivity index (χ3n) is 2.37. The Kier molecular flexibility index (Phi) is 4.74. The highest BCUT2D eigenvalue weighted by Crippen LogP contribution is 2.31. The van der Waals surface area contributed by atoms with Crippen molar-refractivity contribution in [3.05, 3.63) is 32.7 Å². The van der Waals surface area contributed by atoms with Gasteiger partial charge in [-0.3, -0.25) is 5.10 Å². The fourth-order valence-electron chi connectivity index (χ4n) is 1.47. The number of sulfonamides is 1. The van der Waals surface area contributed by atoms with E-state index in [4.69, 9.17) is 0 Å². The van der Waals surface area contributed by atoms with Gasteiger partial charge < -0.3 is 5.32 Å². The van der Waals surface area contributed by atoms with E-state index in [2.05, 4.69) is 36.2 Å². The van der Waals surface area contributed by atoms with Crippen molar-refractivity contribution in [1.29, 1.82) is 0 Å². The van der Waals surface area contributed by atoms with Gasteiger partial charge in [0.15, 0.2) is 0 Å². The molecular formula is C10H13BrN4O2S2. The first-order valence-electron chi connectivity index (χ1n) is 5.43. The van der Waals surface area contributed by atoms with Crippen molar-refractivity contribution < 1.29 is 8.42 Å². The van der Waals surface area contributed by atoms with E-state index < -0.39 is 10.0 Å². The highest BCUT2D eigenvalue weighted by Gasteiger charge is 2.20. The van der Waals surface area contributed by atoms with Crippen LogP contribution in [0.5, 0.6) is 0 Å². The minimum Gasteiger partial charge on any atom is -0.315 e. The topological polar surface area (TPSA) is 86.9 Å². The average Bonchev–Trinajstić information content (AvgIpc) is 2.97. The van der Waals surface area contributed by atoms with Gasteiger partial charge in [-0.1, -0.05) is 0 Å². The van der Waals surface area contributed by atoms with Gasteiger partial charge in [-0.2, -0.15) is 5.10 Å². The second-order valence-corrected chi connectivity index (χ2v) is 8.00. The summed E-state index contributed by atoms with van der Waals surface area (Å²) in [6.07, 6.45) is 3.23. The third kappa shape index (κ3) is 3.63. The number of rotatable bonds is 6. The van der Waals surface area contributed by atoms with E-state index in [-0.39, 0.29) is 11.4 Å². The Bertz CT molecular complexity index is 637. The summed E-state index contributed by atoms with van der Waals surface area (Å²) >= 11 is 4.70. The number of nitrogens with one attached hydrogen (secondary N) is 3. The molecule has 0 fully saturated rings. The van der Waals surface area contributed by atoms with Crippen LogP contribution in [0.25, 0.3) is 0 Å². The molecule has 2 heterocycles. The predicted molar refractivity (Wildman–Crippen MR) is 77.4 cm³/mol. The van der Waals surface area contributed by atoms with Crippen LogP contribution in [-0.4, -0.2) is 25.7 Å². The first-order valence-corrected chi connectivity index (χ1v) is 8.52. The zero-order valence-corrected chi connectivity index (χ0v) is 13.3. The summed E-state index contributed by atoms with van der Waals surface area (Å²) in [7, 11) is -1.70. The van der Waals surface area contributed by atoms with Gasteiger partial charge >= 0.3 is 0 Å². The highest BCUT2D eigenvalue weighted by atomic mass is 79.9. The Morgan fingerprint density at radius 3 is 2.89 bits per heavy atom. The standard InChI is InChI=1S/C10H13BrN4O2S2/c1-12-6-8-2-9(10(11)18-8)19(16,17)15-5-7-3-13-14-4-7/h2-4,12,15H,5-6H2,1H3,(H,13,14). The van der Waals surface area contributed by atoms with E-state index >= 15 is 0 Å². The van der Waals surface area contributed by atoms with Gasteiger partial charge in [-0.15, -0.1) is 11.3 Å². The van der Waals surface area contributed by atoms with E-state index in [9.17, 15) is 8.42 Å². The van der Waals surface area contributed by atoms with Crippen molar-refractivity contribution in [2.75, 3.05) is 7.05 Å². The van der Waals surface area contributed by atoms with Crippen LogP contribution in [0.15, 0.2) is 27.1 Å². The zero-order valence-electron chi connectivity index (χ0n) is 10.1. The molecule has 3 N–H and O–H groups in total. The lowest BCUT2D eigenvalue weighted by Crippen LogP contribution is -2.22. The molecule has 0 radical (unpaired) electrons. The summed E-state index contributed by atoms with van der Waals surface area (Å²) in [4.78, 5) is 1.23. The molecule has 0 aliphatic rings. The fraction of sp³-hybridized carbons (Fsp3) is 0.300. The molecule has 6 nitrogen and oxygen atoms in total. The molecule has 0 amide bonds. The number of hydrogen-bond donors (Lipinski definition) is 3. The molecule has 2 rings (SSSR count). The van der Waals surface area contributed by atoms with E-state index in [1.165, 1.54) is 11.3 Å². The monoisotopic (exact) mass is 364 g/mol. The van der Waals surface area contributed by atoms with Gasteiger partial charge in [0.05, 0.1) is 9.98 Å². The number of aromatic amines is 1. The van der Waals surface area contributed by atoms with Crippen LogP contribution in [0.1, 0.15) is 10.4 Å². The van der Waals surface area contributed by atoms with Crippen LogP contribution in [0.4, 0.5) is 0 Å². The lowest BCUT2D eigenvalue weighted by molar-refractivity contribution is 0.581. The van der Waals surface area contributed by atoms with E-state index in [0.29, 0.717) is 10.3 Å². The predicted octanol–water partition coefficient (Wildman–Crippen LogP) is 1.43. The van der Waals surface area contributed by atoms with Gasteiger partial charge in [-0.25, -0.2) is 13.1 Å². The van der Waals surface area contributed by atoms with Gasteiger partial charge in [0.1, 0.15) is 4.90 Å². The van der Waals surface area contributed by atoms with Crippen LogP contribution in [-0.2, 0) is 23.1 Å². The number of aromatic nitrogens is 2. The zero-order chi connectivity index (χ0) is 13.9. The van der Waals surface area contributed by atoms with Crippen molar-refractivity contribution in [2.24, 2.45) is 0 Å². The number of thiophene rings is 1. The maximum atomic E-state index is 12.2. The molecule has 104 valence electrons. The maximum Gasteiger partial charge on any atom is 0.242 e. The van der Waals surface area contributed by atoms with E-state index in [1.807, 2.05) is 7.05 Å². The molecule has 0 unspecified atom stereocenters. The Morgan fingerprint density at radius 2 is 2.26 bits per heavy atom. The molecule has 0 spiro atoms. The molecule has 0 saturated heterocycles. The molecular weight excluding hydrogens is 352 g/mol. The lowest BCUT2D eigenvalue weighted by atomic mass is 10.4. The Labute approximate surface area is 123 Å². The van der Waals surface area contributed by atoms with E-state index in [0.717, 1.165) is 10.4 Å². The van der Waals surface area contributed by atoms with Crippen molar-refractivity contribution in [1.82, 2.24) is 20.2 Å². The minimum absolute atomic E-state index is 0.211. The molecule has 2 aromatic rings. The van der Waals surface area contributed by atoms with Gasteiger partial charge in [0, 0.05) is 29.7 Å². The average molecular weight is 365 g/mol. The third-order valence-corrected chi connectivity index (χ3v) is 6.02. The smallest absolute Gasteiger partial charge is 0.242 e. The summed E-state index contributed by atoms with van der Waals surface area (Å²) in [6, 6.07) is 1.67. The number of nitrogens with zero attached hydrogens (tertiary/aromatic N) is 1. The molecule has 0 aliphatic heterocycles. The highest BCUT2D eigenvalue weighted by molar-refractivity contribution is 9.11. The number of halogens is 1. The van der Waals surface area contributed by atoms with Crippen molar-refractivity contribution in [3.8, 4) is 0 Å². The summed E-state index contributed by atoms with van der Waals surface area (Å²) in [5.41, 5.74) is 0.783. The van der Waals surface area contributed by atoms with Crippen LogP contribution in [0.2, 0.25) is 0 Å². The van der Waals surface area contributed by atoms with Crippen molar-refractivity contribution in [3.63, 3.8) is 0 Å². The second-order valence-electron chi connectivity index (χ2n) is 3.81. The molecule has 19 heavy (non-hydrogen) atoms. The van der Waals surface area contributed by atoms with Gasteiger partial charge in [0.25, 0.3) is 0 Å². The van der Waals surface area contributed by atoms with Gasteiger partial charge in [0.2, 0.25) is 10.0 Å². The molecule has 0 aromatic carbocycles. The molecule has 0 aliphatic carbocycles. The van der Waals surface area contributed by atoms with Gasteiger partial charge in [-0.05, 0) is 29.0 Å². The van der Waals surface area contributed by atoms with Crippen molar-refractivity contribution in [2.45, 2.75) is 18.0 Å². The fourth-order valence-corrected chi connectivity index (χ4v) is 5.18. The Balaban J connectivity index is 2.14. The largest absolute Gasteiger partial charge is 0.315 e. The quantitative estimate of drug-likeness (QED) is 0.723. The normalized spacial score (nSPS) is 11.9. The summed E-state index contributed by atoms with van der Waals surface area (Å²) in [6.45, 7) is 0.850. The molecule has 0 atom stereocenters.